The van der Waals surface area contributed by atoms with Crippen LogP contribution < -0.4 is 0 Å². The molecule has 0 spiro atoms. The minimum atomic E-state index is -4.32. The minimum Gasteiger partial charge on any atom is -0.388 e. The second-order valence-corrected chi connectivity index (χ2v) is 6.47. The normalized spacial score (nSPS) is 14.0. The van der Waals surface area contributed by atoms with E-state index in [1.54, 1.807) is 0 Å². The zero-order valence-electron chi connectivity index (χ0n) is 12.8. The molecule has 0 heterocycles. The Morgan fingerprint density at radius 2 is 1.18 bits per heavy atom. The number of hydrogen-bond acceptors (Lipinski definition) is 1. The van der Waals surface area contributed by atoms with Crippen LogP contribution >= 0.6 is 0 Å². The Morgan fingerprint density at radius 3 is 1.55 bits per heavy atom. The summed E-state index contributed by atoms with van der Waals surface area (Å²) in [5.74, 6) is 0. The molecule has 2 aromatic rings. The van der Waals surface area contributed by atoms with E-state index in [0.717, 1.165) is 23.3 Å². The van der Waals surface area contributed by atoms with Crippen molar-refractivity contribution in [1.82, 2.24) is 0 Å². The molecule has 2 aromatic carbocycles. The van der Waals surface area contributed by atoms with E-state index >= 15 is 0 Å². The predicted octanol–water partition coefficient (Wildman–Crippen LogP) is 5.45. The lowest BCUT2D eigenvalue weighted by Gasteiger charge is -2.26. The summed E-state index contributed by atoms with van der Waals surface area (Å²) in [5.41, 5.74) is 1.40. The summed E-state index contributed by atoms with van der Waals surface area (Å²) >= 11 is 0. The Kier molecular flexibility index (Phi) is 4.34. The molecule has 0 aliphatic rings. The summed E-state index contributed by atoms with van der Waals surface area (Å²) in [6.07, 6.45) is -4.91. The highest BCUT2D eigenvalue weighted by Gasteiger charge is 2.30. The molecule has 22 heavy (non-hydrogen) atoms. The van der Waals surface area contributed by atoms with E-state index in [0.29, 0.717) is 5.56 Å². The molecule has 0 aromatic heterocycles. The maximum atomic E-state index is 12.5. The lowest BCUT2D eigenvalue weighted by molar-refractivity contribution is -0.137. The third-order valence-electron chi connectivity index (χ3n) is 3.59. The first-order chi connectivity index (χ1) is 10.1. The van der Waals surface area contributed by atoms with Crippen molar-refractivity contribution in [2.75, 3.05) is 0 Å². The van der Waals surface area contributed by atoms with E-state index in [1.165, 1.54) is 12.1 Å². The molecule has 1 N–H and O–H groups in total. The smallest absolute Gasteiger partial charge is 0.388 e. The number of halogens is 3. The van der Waals surface area contributed by atoms with Crippen LogP contribution in [0.5, 0.6) is 0 Å². The van der Waals surface area contributed by atoms with Gasteiger partial charge in [0.05, 0.1) is 11.7 Å². The van der Waals surface area contributed by atoms with E-state index < -0.39 is 17.8 Å². The predicted molar refractivity (Wildman–Crippen MR) is 81.3 cm³/mol. The molecule has 0 aliphatic heterocycles. The average molecular weight is 308 g/mol. The van der Waals surface area contributed by atoms with Crippen LogP contribution in [0.25, 0.3) is 11.1 Å². The van der Waals surface area contributed by atoms with Gasteiger partial charge in [-0.1, -0.05) is 57.2 Å². The molecule has 0 saturated heterocycles. The zero-order valence-corrected chi connectivity index (χ0v) is 12.8. The molecule has 0 saturated carbocycles. The highest BCUT2D eigenvalue weighted by molar-refractivity contribution is 5.64. The van der Waals surface area contributed by atoms with Crippen molar-refractivity contribution in [1.29, 1.82) is 0 Å². The molecule has 0 radical (unpaired) electrons. The van der Waals surface area contributed by atoms with Crippen LogP contribution in [-0.2, 0) is 6.18 Å². The van der Waals surface area contributed by atoms with Gasteiger partial charge < -0.3 is 5.11 Å². The van der Waals surface area contributed by atoms with Crippen molar-refractivity contribution in [3.63, 3.8) is 0 Å². The van der Waals surface area contributed by atoms with Gasteiger partial charge in [0.1, 0.15) is 0 Å². The first-order valence-corrected chi connectivity index (χ1v) is 7.05. The topological polar surface area (TPSA) is 20.2 Å². The van der Waals surface area contributed by atoms with Gasteiger partial charge in [-0.25, -0.2) is 0 Å². The molecule has 0 bridgehead atoms. The zero-order chi connectivity index (χ0) is 16.5. The first kappa shape index (κ1) is 16.6. The second kappa shape index (κ2) is 5.76. The van der Waals surface area contributed by atoms with E-state index in [1.807, 2.05) is 45.0 Å². The van der Waals surface area contributed by atoms with Crippen molar-refractivity contribution in [3.05, 3.63) is 59.7 Å². The molecular formula is C18H19F3O. The first-order valence-electron chi connectivity index (χ1n) is 7.05. The van der Waals surface area contributed by atoms with Crippen LogP contribution in [0, 0.1) is 5.41 Å². The Labute approximate surface area is 128 Å². The number of aliphatic hydroxyl groups is 1. The van der Waals surface area contributed by atoms with Crippen molar-refractivity contribution in [2.45, 2.75) is 33.1 Å². The van der Waals surface area contributed by atoms with Crippen LogP contribution in [0.15, 0.2) is 48.5 Å². The number of hydrogen-bond donors (Lipinski definition) is 1. The SMILES string of the molecule is CC(C)(C)C(O)c1ccc(-c2ccc(C(F)(F)F)cc2)cc1. The van der Waals surface area contributed by atoms with Crippen molar-refractivity contribution in [2.24, 2.45) is 5.41 Å². The summed E-state index contributed by atoms with van der Waals surface area (Å²) in [4.78, 5) is 0. The molecule has 4 heteroatoms. The number of alkyl halides is 3. The van der Waals surface area contributed by atoms with Gasteiger partial charge in [0.15, 0.2) is 0 Å². The van der Waals surface area contributed by atoms with Crippen LogP contribution in [-0.4, -0.2) is 5.11 Å². The Morgan fingerprint density at radius 1 is 0.773 bits per heavy atom. The van der Waals surface area contributed by atoms with Gasteiger partial charge >= 0.3 is 6.18 Å². The Hall–Kier alpha value is -1.81. The fourth-order valence-electron chi connectivity index (χ4n) is 2.21. The number of benzene rings is 2. The van der Waals surface area contributed by atoms with Crippen molar-refractivity contribution in [3.8, 4) is 11.1 Å². The van der Waals surface area contributed by atoms with E-state index in [2.05, 4.69) is 0 Å². The molecule has 1 atom stereocenters. The fraction of sp³-hybridized carbons (Fsp3) is 0.333. The van der Waals surface area contributed by atoms with Crippen LogP contribution in [0.2, 0.25) is 0 Å². The number of rotatable bonds is 2. The molecule has 0 amide bonds. The summed E-state index contributed by atoms with van der Waals surface area (Å²) in [6.45, 7) is 5.84. The summed E-state index contributed by atoms with van der Waals surface area (Å²) < 4.78 is 37.6. The molecule has 1 unspecified atom stereocenters. The lowest BCUT2D eigenvalue weighted by Crippen LogP contribution is -2.17. The monoisotopic (exact) mass is 308 g/mol. The Balaban J connectivity index is 2.24. The van der Waals surface area contributed by atoms with Gasteiger partial charge in [0.25, 0.3) is 0 Å². The standard InChI is InChI=1S/C18H19F3O/c1-17(2,3)16(22)14-6-4-12(5-7-14)13-8-10-15(11-9-13)18(19,20)21/h4-11,16,22H,1-3H3. The van der Waals surface area contributed by atoms with Crippen molar-refractivity contribution < 1.29 is 18.3 Å². The van der Waals surface area contributed by atoms with Gasteiger partial charge in [0.2, 0.25) is 0 Å². The molecule has 0 aliphatic carbocycles. The highest BCUT2D eigenvalue weighted by atomic mass is 19.4. The van der Waals surface area contributed by atoms with Gasteiger partial charge in [0, 0.05) is 0 Å². The van der Waals surface area contributed by atoms with Crippen molar-refractivity contribution >= 4 is 0 Å². The van der Waals surface area contributed by atoms with E-state index in [-0.39, 0.29) is 5.41 Å². The van der Waals surface area contributed by atoms with E-state index in [9.17, 15) is 18.3 Å². The third-order valence-corrected chi connectivity index (χ3v) is 3.59. The molecular weight excluding hydrogens is 289 g/mol. The lowest BCUT2D eigenvalue weighted by atomic mass is 9.84. The molecule has 118 valence electrons. The second-order valence-electron chi connectivity index (χ2n) is 6.47. The van der Waals surface area contributed by atoms with Gasteiger partial charge in [-0.2, -0.15) is 13.2 Å². The maximum absolute atomic E-state index is 12.5. The molecule has 1 nitrogen and oxygen atoms in total. The fourth-order valence-corrected chi connectivity index (χ4v) is 2.21. The van der Waals surface area contributed by atoms with Gasteiger partial charge in [-0.05, 0) is 34.2 Å². The van der Waals surface area contributed by atoms with Gasteiger partial charge in [-0.3, -0.25) is 0 Å². The third kappa shape index (κ3) is 3.69. The van der Waals surface area contributed by atoms with Gasteiger partial charge in [-0.15, -0.1) is 0 Å². The Bertz CT molecular complexity index is 619. The summed E-state index contributed by atoms with van der Waals surface area (Å²) in [7, 11) is 0. The van der Waals surface area contributed by atoms with Crippen LogP contribution in [0.3, 0.4) is 0 Å². The molecule has 2 rings (SSSR count). The van der Waals surface area contributed by atoms with Crippen LogP contribution in [0.4, 0.5) is 13.2 Å². The quantitative estimate of drug-likeness (QED) is 0.782. The minimum absolute atomic E-state index is 0.268. The maximum Gasteiger partial charge on any atom is 0.416 e. The largest absolute Gasteiger partial charge is 0.416 e. The average Bonchev–Trinajstić information content (AvgIpc) is 2.45. The number of aliphatic hydroxyl groups excluding tert-OH is 1. The summed E-state index contributed by atoms with van der Waals surface area (Å²) in [5, 5.41) is 10.2. The summed E-state index contributed by atoms with van der Waals surface area (Å²) in [6, 6.07) is 12.3. The highest BCUT2D eigenvalue weighted by Crippen LogP contribution is 2.34. The van der Waals surface area contributed by atoms with E-state index in [4.69, 9.17) is 0 Å². The van der Waals surface area contributed by atoms with Crippen LogP contribution in [0.1, 0.15) is 38.0 Å². The molecule has 0 fully saturated rings.